The molecule has 0 saturated carbocycles. The van der Waals surface area contributed by atoms with Crippen LogP contribution in [0, 0.1) is 0 Å². The second-order valence-corrected chi connectivity index (χ2v) is 23.5. The molecule has 0 aromatic carbocycles. The molecule has 17 unspecified atom stereocenters. The SMILES string of the molecule is C/C=C/CC/C=C/CC/C=C/C(O)C(COC1OC(CO)C(OC2OC(CO)C(OC3OC(CO)C(O)C(O)C3O)C(O)C2O)C(O)C1O)NC(=O)CCCCCCCCCC/C=C\C/C=C\C/C=C\C/C=C\C/C=C\C/C=C\C/C=C\C/C=C\C/C=C\C/C=C\CC. The number of aliphatic hydroxyl groups is 11. The Kier molecular flexibility index (Phi) is 47.6. The summed E-state index contributed by atoms with van der Waals surface area (Å²) in [6.07, 6.45) is 51.4. The largest absolute Gasteiger partial charge is 0.394 e. The van der Waals surface area contributed by atoms with Crippen LogP contribution in [-0.2, 0) is 33.2 Å². The molecule has 0 aromatic heterocycles. The number of nitrogens with one attached hydrogen (secondary N) is 1. The topological polar surface area (TPSA) is 307 Å². The lowest BCUT2D eigenvalue weighted by molar-refractivity contribution is -0.379. The van der Waals surface area contributed by atoms with E-state index in [-0.39, 0.29) is 18.9 Å². The van der Waals surface area contributed by atoms with Crippen LogP contribution in [0.25, 0.3) is 0 Å². The number of aliphatic hydroxyl groups excluding tert-OH is 11. The Morgan fingerprint density at radius 2 is 0.763 bits per heavy atom. The lowest BCUT2D eigenvalue weighted by atomic mass is 9.96. The van der Waals surface area contributed by atoms with Crippen LogP contribution in [0.3, 0.4) is 0 Å². The van der Waals surface area contributed by atoms with E-state index in [0.717, 1.165) is 128 Å². The molecule has 0 aliphatic carbocycles. The summed E-state index contributed by atoms with van der Waals surface area (Å²) in [6, 6.07) is -1.01. The van der Waals surface area contributed by atoms with Gasteiger partial charge in [-0.25, -0.2) is 0 Å². The Labute approximate surface area is 555 Å². The molecule has 0 bridgehead atoms. The van der Waals surface area contributed by atoms with Gasteiger partial charge in [0.25, 0.3) is 0 Å². The van der Waals surface area contributed by atoms with E-state index in [0.29, 0.717) is 12.8 Å². The lowest BCUT2D eigenvalue weighted by Crippen LogP contribution is -2.66. The molecule has 0 radical (unpaired) electrons. The van der Waals surface area contributed by atoms with Gasteiger partial charge >= 0.3 is 0 Å². The third kappa shape index (κ3) is 35.3. The summed E-state index contributed by atoms with van der Waals surface area (Å²) < 4.78 is 34.2. The van der Waals surface area contributed by atoms with E-state index >= 15 is 0 Å². The van der Waals surface area contributed by atoms with Crippen LogP contribution in [0.1, 0.15) is 168 Å². The van der Waals surface area contributed by atoms with Gasteiger partial charge in [0.2, 0.25) is 5.91 Å². The van der Waals surface area contributed by atoms with Crippen molar-refractivity contribution in [3.8, 4) is 0 Å². The molecule has 3 fully saturated rings. The van der Waals surface area contributed by atoms with Crippen molar-refractivity contribution >= 4 is 5.91 Å². The maximum atomic E-state index is 13.3. The summed E-state index contributed by atoms with van der Waals surface area (Å²) in [5.41, 5.74) is 0. The molecule has 1 amide bonds. The predicted molar refractivity (Wildman–Crippen MR) is 364 cm³/mol. The first-order valence-electron chi connectivity index (χ1n) is 34.2. The summed E-state index contributed by atoms with van der Waals surface area (Å²) in [6.45, 7) is 1.29. The maximum Gasteiger partial charge on any atom is 0.220 e. The average molecular weight is 1310 g/mol. The van der Waals surface area contributed by atoms with Gasteiger partial charge in [0, 0.05) is 6.42 Å². The molecular formula is C74H117NO18. The fourth-order valence-electron chi connectivity index (χ4n) is 10.4. The lowest BCUT2D eigenvalue weighted by Gasteiger charge is -2.48. The van der Waals surface area contributed by atoms with Gasteiger partial charge in [-0.3, -0.25) is 4.79 Å². The van der Waals surface area contributed by atoms with E-state index in [1.807, 2.05) is 13.0 Å². The number of hydrogen-bond donors (Lipinski definition) is 12. The number of carbonyl (C=O) groups is 1. The first-order chi connectivity index (χ1) is 45.3. The number of carbonyl (C=O) groups excluding carboxylic acids is 1. The summed E-state index contributed by atoms with van der Waals surface area (Å²) in [4.78, 5) is 13.3. The molecule has 526 valence electrons. The molecule has 0 aromatic rings. The summed E-state index contributed by atoms with van der Waals surface area (Å²) in [7, 11) is 0. The fraction of sp³-hybridized carbons (Fsp3) is 0.635. The highest BCUT2D eigenvalue weighted by atomic mass is 16.8. The molecule has 19 heteroatoms. The predicted octanol–water partition coefficient (Wildman–Crippen LogP) is 8.93. The van der Waals surface area contributed by atoms with Crippen LogP contribution in [0.2, 0.25) is 0 Å². The Balaban J connectivity index is 1.32. The second kappa shape index (κ2) is 53.5. The second-order valence-electron chi connectivity index (χ2n) is 23.5. The van der Waals surface area contributed by atoms with Gasteiger partial charge in [-0.05, 0) is 116 Å². The minimum Gasteiger partial charge on any atom is -0.394 e. The van der Waals surface area contributed by atoms with Gasteiger partial charge in [-0.15, -0.1) is 0 Å². The van der Waals surface area contributed by atoms with Crippen molar-refractivity contribution in [3.05, 3.63) is 158 Å². The first kappa shape index (κ1) is 82.6. The van der Waals surface area contributed by atoms with E-state index in [1.165, 1.54) is 6.42 Å². The van der Waals surface area contributed by atoms with Crippen molar-refractivity contribution in [2.45, 2.75) is 272 Å². The molecule has 0 spiro atoms. The van der Waals surface area contributed by atoms with Gasteiger partial charge < -0.3 is 89.9 Å². The Bertz CT molecular complexity index is 2300. The average Bonchev–Trinajstić information content (AvgIpc) is 0.900. The van der Waals surface area contributed by atoms with Gasteiger partial charge in [0.05, 0.1) is 38.6 Å². The summed E-state index contributed by atoms with van der Waals surface area (Å²) >= 11 is 0. The van der Waals surface area contributed by atoms with Crippen molar-refractivity contribution < 1.29 is 89.4 Å². The van der Waals surface area contributed by atoms with Crippen LogP contribution >= 0.6 is 0 Å². The number of amides is 1. The van der Waals surface area contributed by atoms with Crippen LogP contribution in [-0.4, -0.2) is 193 Å². The fourth-order valence-corrected chi connectivity index (χ4v) is 10.4. The minimum atomic E-state index is -1.99. The number of hydrogen-bond acceptors (Lipinski definition) is 18. The highest BCUT2D eigenvalue weighted by Crippen LogP contribution is 2.33. The molecule has 3 aliphatic rings. The van der Waals surface area contributed by atoms with Gasteiger partial charge in [0.1, 0.15) is 73.2 Å². The number of unbranched alkanes of at least 4 members (excludes halogenated alkanes) is 10. The zero-order valence-corrected chi connectivity index (χ0v) is 55.4. The number of rotatable bonds is 49. The van der Waals surface area contributed by atoms with Gasteiger partial charge in [0.15, 0.2) is 18.9 Å². The standard InChI is InChI=1S/C74H117NO18/c1-3-5-7-9-11-13-14-15-16-17-18-19-20-21-22-23-24-25-26-27-28-29-30-31-32-33-34-35-36-37-38-39-40-41-42-44-46-48-50-52-62(80)75-57(58(79)51-49-47-45-43-12-10-8-6-4-2)56-88-72-68(86)65(83)70(60(54-77)90-72)93-74-69(87)66(84)71(61(55-78)91-74)92-73-67(85)64(82)63(81)59(53-76)89-73/h4-7,11-13,15-16,18-19,21-22,24-25,27-28,30-31,33-34,36-37,43,49,51,57-61,63-74,76-79,81-87H,3,8-10,14,17,20,23,26,29,32,35,38-42,44-48,50,52-56H2,1-2H3,(H,75,80)/b6-4+,7-5-,13-11-,16-15-,19-18-,22-21-,25-24-,28-27-,31-30-,34-33-,37-36-,43-12+,51-49+. The van der Waals surface area contributed by atoms with Crippen LogP contribution in [0.15, 0.2) is 158 Å². The first-order valence-corrected chi connectivity index (χ1v) is 34.2. The van der Waals surface area contributed by atoms with E-state index < -0.39 is 124 Å². The molecule has 3 aliphatic heterocycles. The van der Waals surface area contributed by atoms with Crippen LogP contribution in [0.4, 0.5) is 0 Å². The molecule has 3 rings (SSSR count). The summed E-state index contributed by atoms with van der Waals surface area (Å²) in [5, 5.41) is 120. The van der Waals surface area contributed by atoms with Crippen molar-refractivity contribution in [1.82, 2.24) is 5.32 Å². The van der Waals surface area contributed by atoms with E-state index in [9.17, 15) is 61.0 Å². The van der Waals surface area contributed by atoms with Crippen molar-refractivity contribution in [1.29, 1.82) is 0 Å². The molecule has 17 atom stereocenters. The normalized spacial score (nSPS) is 28.5. The van der Waals surface area contributed by atoms with E-state index in [4.69, 9.17) is 28.4 Å². The number of ether oxygens (including phenoxy) is 6. The van der Waals surface area contributed by atoms with Crippen LogP contribution < -0.4 is 5.32 Å². The third-order valence-corrected chi connectivity index (χ3v) is 15.9. The monoisotopic (exact) mass is 1310 g/mol. The van der Waals surface area contributed by atoms with E-state index in [2.05, 4.69) is 152 Å². The van der Waals surface area contributed by atoms with Crippen molar-refractivity contribution in [3.63, 3.8) is 0 Å². The van der Waals surface area contributed by atoms with Crippen LogP contribution in [0.5, 0.6) is 0 Å². The maximum absolute atomic E-state index is 13.3. The molecule has 93 heavy (non-hydrogen) atoms. The van der Waals surface area contributed by atoms with Crippen molar-refractivity contribution in [2.24, 2.45) is 0 Å². The Hall–Kier alpha value is -4.59. The van der Waals surface area contributed by atoms with Crippen molar-refractivity contribution in [2.75, 3.05) is 26.4 Å². The van der Waals surface area contributed by atoms with Gasteiger partial charge in [-0.1, -0.05) is 203 Å². The quantitative estimate of drug-likeness (QED) is 0.0200. The minimum absolute atomic E-state index is 0.210. The third-order valence-electron chi connectivity index (χ3n) is 15.9. The summed E-state index contributed by atoms with van der Waals surface area (Å²) in [5.74, 6) is -0.310. The smallest absolute Gasteiger partial charge is 0.220 e. The Morgan fingerprint density at radius 3 is 1.20 bits per heavy atom. The molecule has 3 saturated heterocycles. The zero-order valence-electron chi connectivity index (χ0n) is 55.4. The van der Waals surface area contributed by atoms with E-state index in [1.54, 1.807) is 12.2 Å². The molecule has 3 heterocycles. The van der Waals surface area contributed by atoms with Gasteiger partial charge in [-0.2, -0.15) is 0 Å². The number of allylic oxidation sites excluding steroid dienone is 25. The zero-order chi connectivity index (χ0) is 67.5. The Morgan fingerprint density at radius 1 is 0.409 bits per heavy atom. The highest BCUT2D eigenvalue weighted by molar-refractivity contribution is 5.76. The molecular weight excluding hydrogens is 1190 g/mol. The molecule has 19 nitrogen and oxygen atoms in total. The molecule has 12 N–H and O–H groups in total. The highest BCUT2D eigenvalue weighted by Gasteiger charge is 2.53.